The number of aromatic nitrogens is 3. The van der Waals surface area contributed by atoms with Crippen molar-refractivity contribution in [2.24, 2.45) is 0 Å². The number of amides is 1. The van der Waals surface area contributed by atoms with E-state index in [9.17, 15) is 4.79 Å². The summed E-state index contributed by atoms with van der Waals surface area (Å²) in [6, 6.07) is 13.0. The van der Waals surface area contributed by atoms with Gasteiger partial charge in [0.15, 0.2) is 0 Å². The minimum atomic E-state index is -0.294. The van der Waals surface area contributed by atoms with E-state index in [1.807, 2.05) is 30.3 Å². The van der Waals surface area contributed by atoms with Crippen LogP contribution in [0.2, 0.25) is 0 Å². The Morgan fingerprint density at radius 2 is 1.92 bits per heavy atom. The first-order chi connectivity index (χ1) is 12.3. The number of ether oxygens (including phenoxy) is 1. The van der Waals surface area contributed by atoms with Gasteiger partial charge in [0.1, 0.15) is 23.7 Å². The number of hydrogen-bond donors (Lipinski definition) is 1. The zero-order valence-corrected chi connectivity index (χ0v) is 13.6. The predicted molar refractivity (Wildman–Crippen MR) is 94.8 cm³/mol. The van der Waals surface area contributed by atoms with Gasteiger partial charge < -0.3 is 15.0 Å². The molecular formula is C18H17N5O2. The van der Waals surface area contributed by atoms with Gasteiger partial charge in [-0.05, 0) is 12.1 Å². The van der Waals surface area contributed by atoms with E-state index >= 15 is 0 Å². The Hall–Kier alpha value is -3.06. The molecule has 0 spiro atoms. The quantitative estimate of drug-likeness (QED) is 0.790. The van der Waals surface area contributed by atoms with Gasteiger partial charge in [-0.15, -0.1) is 0 Å². The Morgan fingerprint density at radius 1 is 1.08 bits per heavy atom. The highest BCUT2D eigenvalue weighted by Gasteiger charge is 2.14. The zero-order valence-electron chi connectivity index (χ0n) is 13.6. The number of anilines is 2. The van der Waals surface area contributed by atoms with Crippen molar-refractivity contribution in [3.63, 3.8) is 0 Å². The molecular weight excluding hydrogens is 318 g/mol. The maximum absolute atomic E-state index is 12.5. The number of carbonyl (C=O) groups is 1. The minimum Gasteiger partial charge on any atom is -0.378 e. The Labute approximate surface area is 144 Å². The number of morpholine rings is 1. The monoisotopic (exact) mass is 335 g/mol. The van der Waals surface area contributed by atoms with Crippen LogP contribution >= 0.6 is 0 Å². The lowest BCUT2D eigenvalue weighted by Gasteiger charge is -2.27. The van der Waals surface area contributed by atoms with E-state index in [-0.39, 0.29) is 5.91 Å². The lowest BCUT2D eigenvalue weighted by molar-refractivity contribution is 0.102. The van der Waals surface area contributed by atoms with Crippen molar-refractivity contribution in [2.45, 2.75) is 0 Å². The maximum atomic E-state index is 12.5. The predicted octanol–water partition coefficient (Wildman–Crippen LogP) is 2.11. The molecule has 25 heavy (non-hydrogen) atoms. The summed E-state index contributed by atoms with van der Waals surface area (Å²) >= 11 is 0. The standard InChI is InChI=1S/C18H17N5O2/c24-18(15-6-5-13-3-1-2-4-14(13)21-15)22-16-11-17(20-12-19-16)23-7-9-25-10-8-23/h1-6,11-12H,7-10H2,(H,19,20,22,24). The number of para-hydroxylation sites is 1. The molecule has 1 N–H and O–H groups in total. The van der Waals surface area contributed by atoms with Crippen LogP contribution in [-0.2, 0) is 4.74 Å². The van der Waals surface area contributed by atoms with E-state index in [0.717, 1.165) is 29.8 Å². The van der Waals surface area contributed by atoms with Gasteiger partial charge in [0.2, 0.25) is 0 Å². The van der Waals surface area contributed by atoms with Crippen molar-refractivity contribution < 1.29 is 9.53 Å². The molecule has 126 valence electrons. The number of pyridine rings is 1. The Kier molecular flexibility index (Phi) is 4.22. The lowest BCUT2D eigenvalue weighted by Crippen LogP contribution is -2.36. The summed E-state index contributed by atoms with van der Waals surface area (Å²) in [5, 5.41) is 3.79. The van der Waals surface area contributed by atoms with Crippen LogP contribution in [0.5, 0.6) is 0 Å². The third kappa shape index (κ3) is 3.41. The third-order valence-electron chi connectivity index (χ3n) is 4.06. The SMILES string of the molecule is O=C(Nc1cc(N2CCOCC2)ncn1)c1ccc2ccccc2n1. The summed E-state index contributed by atoms with van der Waals surface area (Å²) in [7, 11) is 0. The highest BCUT2D eigenvalue weighted by Crippen LogP contribution is 2.17. The molecule has 3 aromatic rings. The van der Waals surface area contributed by atoms with Crippen LogP contribution in [0.3, 0.4) is 0 Å². The second-order valence-corrected chi connectivity index (χ2v) is 5.70. The zero-order chi connectivity index (χ0) is 17.1. The molecule has 7 heteroatoms. The molecule has 7 nitrogen and oxygen atoms in total. The first kappa shape index (κ1) is 15.5. The average Bonchev–Trinajstić information content (AvgIpc) is 2.68. The molecule has 1 saturated heterocycles. The van der Waals surface area contributed by atoms with Gasteiger partial charge in [-0.1, -0.05) is 24.3 Å². The molecule has 4 rings (SSSR count). The van der Waals surface area contributed by atoms with E-state index < -0.39 is 0 Å². The van der Waals surface area contributed by atoms with Gasteiger partial charge in [0.25, 0.3) is 5.91 Å². The molecule has 0 radical (unpaired) electrons. The number of rotatable bonds is 3. The summed E-state index contributed by atoms with van der Waals surface area (Å²) in [6.07, 6.45) is 1.45. The van der Waals surface area contributed by atoms with E-state index in [2.05, 4.69) is 25.2 Å². The van der Waals surface area contributed by atoms with Crippen molar-refractivity contribution in [3.05, 3.63) is 54.5 Å². The summed E-state index contributed by atoms with van der Waals surface area (Å²) < 4.78 is 5.35. The smallest absolute Gasteiger partial charge is 0.275 e. The maximum Gasteiger partial charge on any atom is 0.275 e. The van der Waals surface area contributed by atoms with Crippen LogP contribution < -0.4 is 10.2 Å². The summed E-state index contributed by atoms with van der Waals surface area (Å²) in [5.74, 6) is 0.939. The van der Waals surface area contributed by atoms with Crippen molar-refractivity contribution in [1.82, 2.24) is 15.0 Å². The minimum absolute atomic E-state index is 0.294. The topological polar surface area (TPSA) is 80.2 Å². The van der Waals surface area contributed by atoms with Crippen molar-refractivity contribution in [1.29, 1.82) is 0 Å². The Morgan fingerprint density at radius 3 is 2.80 bits per heavy atom. The first-order valence-electron chi connectivity index (χ1n) is 8.11. The van der Waals surface area contributed by atoms with Crippen LogP contribution in [0, 0.1) is 0 Å². The average molecular weight is 335 g/mol. The van der Waals surface area contributed by atoms with E-state index in [1.165, 1.54) is 6.33 Å². The summed E-state index contributed by atoms with van der Waals surface area (Å²) in [5.41, 5.74) is 1.14. The normalized spacial score (nSPS) is 14.5. The number of nitrogens with zero attached hydrogens (tertiary/aromatic N) is 4. The van der Waals surface area contributed by atoms with Gasteiger partial charge in [-0.3, -0.25) is 4.79 Å². The largest absolute Gasteiger partial charge is 0.378 e. The van der Waals surface area contributed by atoms with Crippen LogP contribution in [0.15, 0.2) is 48.8 Å². The first-order valence-corrected chi connectivity index (χ1v) is 8.11. The summed E-state index contributed by atoms with van der Waals surface area (Å²) in [6.45, 7) is 2.90. The summed E-state index contributed by atoms with van der Waals surface area (Å²) in [4.78, 5) is 27.4. The van der Waals surface area contributed by atoms with Gasteiger partial charge in [0.05, 0.1) is 18.7 Å². The molecule has 1 aliphatic rings. The van der Waals surface area contributed by atoms with Crippen molar-refractivity contribution in [2.75, 3.05) is 36.5 Å². The van der Waals surface area contributed by atoms with Gasteiger partial charge in [-0.2, -0.15) is 0 Å². The van der Waals surface area contributed by atoms with E-state index in [0.29, 0.717) is 24.7 Å². The van der Waals surface area contributed by atoms with Gasteiger partial charge >= 0.3 is 0 Å². The fraction of sp³-hybridized carbons (Fsp3) is 0.222. The third-order valence-corrected chi connectivity index (χ3v) is 4.06. The number of carbonyl (C=O) groups excluding carboxylic acids is 1. The van der Waals surface area contributed by atoms with Crippen LogP contribution in [-0.4, -0.2) is 47.2 Å². The van der Waals surface area contributed by atoms with Gasteiger partial charge in [-0.25, -0.2) is 15.0 Å². The highest BCUT2D eigenvalue weighted by atomic mass is 16.5. The second-order valence-electron chi connectivity index (χ2n) is 5.70. The van der Waals surface area contributed by atoms with Crippen molar-refractivity contribution in [3.8, 4) is 0 Å². The van der Waals surface area contributed by atoms with Gasteiger partial charge in [0, 0.05) is 24.5 Å². The van der Waals surface area contributed by atoms with E-state index in [4.69, 9.17) is 4.74 Å². The molecule has 1 aliphatic heterocycles. The Bertz CT molecular complexity index is 909. The fourth-order valence-electron chi connectivity index (χ4n) is 2.75. The Balaban J connectivity index is 1.53. The molecule has 1 amide bonds. The van der Waals surface area contributed by atoms with Crippen LogP contribution in [0.1, 0.15) is 10.5 Å². The molecule has 0 atom stereocenters. The fourth-order valence-corrected chi connectivity index (χ4v) is 2.75. The molecule has 3 heterocycles. The number of fused-ring (bicyclic) bond motifs is 1. The molecule has 2 aromatic heterocycles. The molecule has 0 unspecified atom stereocenters. The van der Waals surface area contributed by atoms with Crippen molar-refractivity contribution >= 4 is 28.4 Å². The highest BCUT2D eigenvalue weighted by molar-refractivity contribution is 6.03. The van der Waals surface area contributed by atoms with Crippen LogP contribution in [0.4, 0.5) is 11.6 Å². The number of nitrogens with one attached hydrogen (secondary N) is 1. The molecule has 1 aromatic carbocycles. The number of hydrogen-bond acceptors (Lipinski definition) is 6. The molecule has 0 bridgehead atoms. The lowest BCUT2D eigenvalue weighted by atomic mass is 10.2. The molecule has 1 fully saturated rings. The molecule has 0 saturated carbocycles. The molecule has 0 aliphatic carbocycles. The van der Waals surface area contributed by atoms with E-state index in [1.54, 1.807) is 12.1 Å². The van der Waals surface area contributed by atoms with Crippen LogP contribution in [0.25, 0.3) is 10.9 Å². The second kappa shape index (κ2) is 6.82. The number of benzene rings is 1.